The largest absolute Gasteiger partial charge is 0.463 e. The number of hydrogen-bond acceptors (Lipinski definition) is 13. The van der Waals surface area contributed by atoms with Crippen molar-refractivity contribution in [2.45, 2.75) is 58.4 Å². The van der Waals surface area contributed by atoms with Gasteiger partial charge in [-0.2, -0.15) is 0 Å². The summed E-state index contributed by atoms with van der Waals surface area (Å²) >= 11 is 4.78. The van der Waals surface area contributed by atoms with Crippen molar-refractivity contribution >= 4 is 59.1 Å². The van der Waals surface area contributed by atoms with Gasteiger partial charge in [-0.15, -0.1) is 0 Å². The number of benzene rings is 1. The van der Waals surface area contributed by atoms with Crippen molar-refractivity contribution in [1.29, 1.82) is 0 Å². The highest BCUT2D eigenvalue weighted by Crippen LogP contribution is 2.31. The number of rotatable bonds is 8. The molecule has 40 heavy (non-hydrogen) atoms. The van der Waals surface area contributed by atoms with E-state index in [0.29, 0.717) is 5.56 Å². The average Bonchev–Trinajstić information content (AvgIpc) is 2.84. The van der Waals surface area contributed by atoms with E-state index >= 15 is 0 Å². The minimum absolute atomic E-state index is 0.0966. The van der Waals surface area contributed by atoms with Crippen molar-refractivity contribution in [3.8, 4) is 5.75 Å². The first kappa shape index (κ1) is 30.2. The maximum Gasteiger partial charge on any atom is 0.303 e. The third kappa shape index (κ3) is 8.07. The standard InChI is InChI=1S/C25H26N2O12S/c1-11(28)34-10-18-19(35-12(2)29)20(36-13(3)30)21(37-14(4)31)24(39-18)38-16-7-5-15(6-8-16)9-17-22(32)26-25(40)27-23(17)33/h5-9,18-21,24H,10H2,1-4H3,(H2,26,27,32,33,40)/t18-,19-,20+,21-,24-/m1/s1. The van der Waals surface area contributed by atoms with Crippen molar-refractivity contribution in [3.05, 3.63) is 35.4 Å². The Labute approximate surface area is 233 Å². The van der Waals surface area contributed by atoms with Gasteiger partial charge in [0.1, 0.15) is 24.0 Å². The Hall–Kier alpha value is -4.37. The smallest absolute Gasteiger partial charge is 0.303 e. The van der Waals surface area contributed by atoms with Gasteiger partial charge in [-0.3, -0.25) is 39.4 Å². The van der Waals surface area contributed by atoms with Crippen LogP contribution in [0.4, 0.5) is 0 Å². The predicted octanol–water partition coefficient (Wildman–Crippen LogP) is 0.0628. The van der Waals surface area contributed by atoms with E-state index in [9.17, 15) is 28.8 Å². The van der Waals surface area contributed by atoms with Crippen LogP contribution in [0.3, 0.4) is 0 Å². The van der Waals surface area contributed by atoms with E-state index in [1.165, 1.54) is 30.3 Å². The average molecular weight is 579 g/mol. The molecule has 1 aromatic rings. The Bertz CT molecular complexity index is 1220. The first-order chi connectivity index (χ1) is 18.8. The van der Waals surface area contributed by atoms with E-state index in [0.717, 1.165) is 27.7 Å². The van der Waals surface area contributed by atoms with Crippen LogP contribution in [0.25, 0.3) is 6.08 Å². The summed E-state index contributed by atoms with van der Waals surface area (Å²) in [6.07, 6.45) is -5.36. The lowest BCUT2D eigenvalue weighted by atomic mass is 9.98. The van der Waals surface area contributed by atoms with E-state index in [-0.39, 0.29) is 16.4 Å². The van der Waals surface area contributed by atoms with Gasteiger partial charge in [-0.05, 0) is 36.0 Å². The van der Waals surface area contributed by atoms with Crippen LogP contribution in [-0.4, -0.2) is 78.1 Å². The molecule has 1 aromatic carbocycles. The zero-order valence-electron chi connectivity index (χ0n) is 21.8. The number of thiocarbonyl (C=S) groups is 1. The molecule has 2 N–H and O–H groups in total. The quantitative estimate of drug-likeness (QED) is 0.139. The van der Waals surface area contributed by atoms with Gasteiger partial charge in [0.15, 0.2) is 17.3 Å². The molecule has 2 aliphatic rings. The Balaban J connectivity index is 1.90. The van der Waals surface area contributed by atoms with Crippen LogP contribution >= 0.6 is 12.2 Å². The molecule has 14 nitrogen and oxygen atoms in total. The van der Waals surface area contributed by atoms with Gasteiger partial charge in [0, 0.05) is 27.7 Å². The van der Waals surface area contributed by atoms with Gasteiger partial charge in [0.2, 0.25) is 12.4 Å². The highest BCUT2D eigenvalue weighted by molar-refractivity contribution is 7.80. The molecule has 0 radical (unpaired) electrons. The van der Waals surface area contributed by atoms with Gasteiger partial charge in [0.05, 0.1) is 0 Å². The Morgan fingerprint density at radius 1 is 0.825 bits per heavy atom. The number of hydrogen-bond donors (Lipinski definition) is 2. The molecule has 0 bridgehead atoms. The fraction of sp³-hybridized carbons (Fsp3) is 0.400. The molecule has 2 saturated heterocycles. The molecule has 0 aromatic heterocycles. The molecule has 2 fully saturated rings. The van der Waals surface area contributed by atoms with E-state index in [4.69, 9.17) is 40.6 Å². The monoisotopic (exact) mass is 578 g/mol. The number of ether oxygens (including phenoxy) is 6. The third-order valence-corrected chi connectivity index (χ3v) is 5.54. The van der Waals surface area contributed by atoms with Gasteiger partial charge in [0.25, 0.3) is 11.8 Å². The number of amides is 2. The van der Waals surface area contributed by atoms with Crippen molar-refractivity contribution < 1.29 is 57.2 Å². The lowest BCUT2D eigenvalue weighted by Crippen LogP contribution is -2.63. The highest BCUT2D eigenvalue weighted by Gasteiger charge is 2.53. The molecule has 3 rings (SSSR count). The molecule has 2 amide bonds. The summed E-state index contributed by atoms with van der Waals surface area (Å²) in [7, 11) is 0. The van der Waals surface area contributed by atoms with Crippen LogP contribution in [0.1, 0.15) is 33.3 Å². The van der Waals surface area contributed by atoms with Crippen LogP contribution < -0.4 is 15.4 Å². The maximum absolute atomic E-state index is 12.1. The number of carbonyl (C=O) groups excluding carboxylic acids is 6. The molecule has 0 spiro atoms. The fourth-order valence-corrected chi connectivity index (χ4v) is 4.02. The predicted molar refractivity (Wildman–Crippen MR) is 136 cm³/mol. The van der Waals surface area contributed by atoms with Crippen LogP contribution in [-0.2, 0) is 52.5 Å². The SMILES string of the molecule is CC(=O)OC[C@H]1O[C@@H](Oc2ccc(C=C3C(=O)NC(=S)NC3=O)cc2)[C@H](OC(C)=O)[C@@H](OC(C)=O)[C@@H]1OC(C)=O. The van der Waals surface area contributed by atoms with Crippen molar-refractivity contribution in [3.63, 3.8) is 0 Å². The zero-order chi connectivity index (χ0) is 29.6. The molecule has 5 atom stereocenters. The number of esters is 4. The molecule has 0 aliphatic carbocycles. The fourth-order valence-electron chi connectivity index (χ4n) is 3.83. The van der Waals surface area contributed by atoms with Gasteiger partial charge >= 0.3 is 23.9 Å². The van der Waals surface area contributed by atoms with Gasteiger partial charge in [-0.1, -0.05) is 12.1 Å². The minimum atomic E-state index is -1.42. The van der Waals surface area contributed by atoms with Crippen molar-refractivity contribution in [2.24, 2.45) is 0 Å². The van der Waals surface area contributed by atoms with Crippen LogP contribution in [0.2, 0.25) is 0 Å². The van der Waals surface area contributed by atoms with Gasteiger partial charge < -0.3 is 28.4 Å². The molecular formula is C25H26N2O12S. The zero-order valence-corrected chi connectivity index (χ0v) is 22.6. The van der Waals surface area contributed by atoms with Gasteiger partial charge in [-0.25, -0.2) is 0 Å². The van der Waals surface area contributed by atoms with Crippen molar-refractivity contribution in [2.75, 3.05) is 6.61 Å². The summed E-state index contributed by atoms with van der Waals surface area (Å²) in [5, 5.41) is 4.57. The number of nitrogens with one attached hydrogen (secondary N) is 2. The van der Waals surface area contributed by atoms with Crippen LogP contribution in [0.15, 0.2) is 29.8 Å². The lowest BCUT2D eigenvalue weighted by molar-refractivity contribution is -0.288. The minimum Gasteiger partial charge on any atom is -0.463 e. The molecule has 214 valence electrons. The second-order valence-electron chi connectivity index (χ2n) is 8.55. The second-order valence-corrected chi connectivity index (χ2v) is 8.96. The summed E-state index contributed by atoms with van der Waals surface area (Å²) < 4.78 is 32.9. The summed E-state index contributed by atoms with van der Waals surface area (Å²) in [5.74, 6) is -4.10. The van der Waals surface area contributed by atoms with E-state index in [1.54, 1.807) is 0 Å². The topological polar surface area (TPSA) is 182 Å². The van der Waals surface area contributed by atoms with Crippen LogP contribution in [0, 0.1) is 0 Å². The molecule has 0 unspecified atom stereocenters. The molecule has 2 heterocycles. The Morgan fingerprint density at radius 3 is 1.88 bits per heavy atom. The molecule has 15 heteroatoms. The highest BCUT2D eigenvalue weighted by atomic mass is 32.1. The molecule has 0 saturated carbocycles. The van der Waals surface area contributed by atoms with E-state index in [1.807, 2.05) is 0 Å². The van der Waals surface area contributed by atoms with Crippen molar-refractivity contribution in [1.82, 2.24) is 10.6 Å². The van der Waals surface area contributed by atoms with Crippen LogP contribution in [0.5, 0.6) is 5.75 Å². The third-order valence-electron chi connectivity index (χ3n) is 5.33. The van der Waals surface area contributed by atoms with E-state index < -0.39 is 73.0 Å². The normalized spacial score (nSPS) is 24.1. The second kappa shape index (κ2) is 13.1. The number of carbonyl (C=O) groups is 6. The Kier molecular flexibility index (Phi) is 9.90. The maximum atomic E-state index is 12.1. The summed E-state index contributed by atoms with van der Waals surface area (Å²) in [4.78, 5) is 71.4. The van der Waals surface area contributed by atoms with E-state index in [2.05, 4.69) is 10.6 Å². The summed E-state index contributed by atoms with van der Waals surface area (Å²) in [6.45, 7) is 4.09. The summed E-state index contributed by atoms with van der Waals surface area (Å²) in [5.41, 5.74) is 0.295. The first-order valence-corrected chi connectivity index (χ1v) is 12.2. The molecular weight excluding hydrogens is 552 g/mol. The first-order valence-electron chi connectivity index (χ1n) is 11.8. The summed E-state index contributed by atoms with van der Waals surface area (Å²) in [6, 6.07) is 6.01. The molecule has 2 aliphatic heterocycles. The Morgan fingerprint density at radius 2 is 1.35 bits per heavy atom. The lowest BCUT2D eigenvalue weighted by Gasteiger charge is -2.43.